The molecule has 0 unspecified atom stereocenters. The summed E-state index contributed by atoms with van der Waals surface area (Å²) in [6, 6.07) is 9.27. The smallest absolute Gasteiger partial charge is 0.117 e. The lowest BCUT2D eigenvalue weighted by Crippen LogP contribution is -3.00. The minimum absolute atomic E-state index is 0. The van der Waals surface area contributed by atoms with Crippen LogP contribution in [0.15, 0.2) is 41.0 Å². The minimum Gasteiger partial charge on any atom is -1.00 e. The monoisotopic (exact) mass is 290 g/mol. The van der Waals surface area contributed by atoms with Gasteiger partial charge in [0.25, 0.3) is 0 Å². The molecule has 0 aliphatic rings. The second-order valence-corrected chi connectivity index (χ2v) is 4.20. The van der Waals surface area contributed by atoms with Crippen LogP contribution in [0.3, 0.4) is 0 Å². The largest absolute Gasteiger partial charge is 1.00 e. The Bertz CT molecular complexity index is 437. The molecule has 0 aliphatic heterocycles. The number of furan rings is 1. The Morgan fingerprint density at radius 1 is 1.00 bits per heavy atom. The second-order valence-electron chi connectivity index (χ2n) is 3.38. The van der Waals surface area contributed by atoms with Crippen LogP contribution in [0.5, 0.6) is 0 Å². The van der Waals surface area contributed by atoms with Crippen molar-refractivity contribution in [2.75, 3.05) is 0 Å². The molecule has 1 aromatic carbocycles. The fraction of sp³-hybridized carbons (Fsp3) is 0.167. The summed E-state index contributed by atoms with van der Waals surface area (Å²) in [5, 5.41) is 4.58. The molecule has 2 aromatic rings. The fourth-order valence-corrected chi connectivity index (χ4v) is 1.96. The average molecular weight is 292 g/mol. The van der Waals surface area contributed by atoms with Gasteiger partial charge in [-0.3, -0.25) is 0 Å². The first kappa shape index (κ1) is 14.4. The number of halogens is 3. The minimum atomic E-state index is 0. The first-order chi connectivity index (χ1) is 7.77. The molecule has 0 radical (unpaired) electrons. The molecule has 0 aliphatic carbocycles. The van der Waals surface area contributed by atoms with E-state index < -0.39 is 0 Å². The van der Waals surface area contributed by atoms with Crippen molar-refractivity contribution in [3.05, 3.63) is 58.0 Å². The van der Waals surface area contributed by atoms with Crippen LogP contribution in [0.4, 0.5) is 0 Å². The summed E-state index contributed by atoms with van der Waals surface area (Å²) >= 11 is 12.1. The van der Waals surface area contributed by atoms with Crippen LogP contribution < -0.4 is 17.7 Å². The van der Waals surface area contributed by atoms with E-state index >= 15 is 0 Å². The van der Waals surface area contributed by atoms with Gasteiger partial charge in [-0.25, -0.2) is 0 Å². The second kappa shape index (κ2) is 6.92. The molecule has 1 N–H and O–H groups in total. The van der Waals surface area contributed by atoms with Crippen LogP contribution in [-0.2, 0) is 13.1 Å². The van der Waals surface area contributed by atoms with Gasteiger partial charge in [0.1, 0.15) is 5.76 Å². The predicted molar refractivity (Wildman–Crippen MR) is 65.7 cm³/mol. The normalized spacial score (nSPS) is 10.0. The molecule has 0 saturated carbocycles. The lowest BCUT2D eigenvalue weighted by atomic mass is 10.2. The summed E-state index contributed by atoms with van der Waals surface area (Å²) in [5.74, 6) is 0.892. The summed E-state index contributed by atoms with van der Waals surface area (Å²) in [6.45, 7) is 1.29. The maximum atomic E-state index is 6.04. The number of nitrogens with one attached hydrogen (secondary N) is 1. The van der Waals surface area contributed by atoms with Gasteiger partial charge in [-0.2, -0.15) is 0 Å². The van der Waals surface area contributed by atoms with Gasteiger partial charge >= 0.3 is 0 Å². The van der Waals surface area contributed by atoms with Gasteiger partial charge in [-0.15, -0.1) is 0 Å². The van der Waals surface area contributed by atoms with Crippen LogP contribution in [-0.4, -0.2) is 0 Å². The molecular weight excluding hydrogens is 280 g/mol. The van der Waals surface area contributed by atoms with Gasteiger partial charge in [0.2, 0.25) is 0 Å². The summed E-state index contributed by atoms with van der Waals surface area (Å²) in [4.78, 5) is 0. The van der Waals surface area contributed by atoms with Gasteiger partial charge in [-0.1, -0.05) is 29.3 Å². The van der Waals surface area contributed by atoms with Crippen LogP contribution in [0.2, 0.25) is 10.0 Å². The van der Waals surface area contributed by atoms with E-state index in [1.54, 1.807) is 6.26 Å². The molecular formula is C12H11Cl3NO-. The van der Waals surface area contributed by atoms with Gasteiger partial charge in [0.15, 0.2) is 0 Å². The van der Waals surface area contributed by atoms with E-state index in [-0.39, 0.29) is 12.4 Å². The molecule has 2 nitrogen and oxygen atoms in total. The van der Waals surface area contributed by atoms with Crippen molar-refractivity contribution >= 4 is 23.2 Å². The van der Waals surface area contributed by atoms with Crippen LogP contribution >= 0.6 is 23.2 Å². The van der Waals surface area contributed by atoms with E-state index in [1.807, 2.05) is 30.3 Å². The third-order valence-corrected chi connectivity index (χ3v) is 2.95. The third-order valence-electron chi connectivity index (χ3n) is 2.24. The highest BCUT2D eigenvalue weighted by atomic mass is 35.5. The predicted octanol–water partition coefficient (Wildman–Crippen LogP) is 0.880. The Kier molecular flexibility index (Phi) is 5.86. The van der Waals surface area contributed by atoms with Crippen LogP contribution in [0.1, 0.15) is 11.3 Å². The molecule has 0 spiro atoms. The average Bonchev–Trinajstić information content (AvgIpc) is 2.75. The number of hydrogen-bond acceptors (Lipinski definition) is 2. The van der Waals surface area contributed by atoms with E-state index in [9.17, 15) is 0 Å². The molecule has 17 heavy (non-hydrogen) atoms. The summed E-state index contributed by atoms with van der Waals surface area (Å²) in [6.07, 6.45) is 1.65. The van der Waals surface area contributed by atoms with Crippen molar-refractivity contribution in [2.24, 2.45) is 0 Å². The summed E-state index contributed by atoms with van der Waals surface area (Å²) in [7, 11) is 0. The van der Waals surface area contributed by atoms with Crippen molar-refractivity contribution in [1.29, 1.82) is 0 Å². The molecule has 0 fully saturated rings. The Balaban J connectivity index is 0.00000144. The van der Waals surface area contributed by atoms with Gasteiger partial charge in [0.05, 0.1) is 12.8 Å². The molecule has 0 amide bonds. The third kappa shape index (κ3) is 3.93. The molecule has 1 aromatic heterocycles. The van der Waals surface area contributed by atoms with Gasteiger partial charge < -0.3 is 22.1 Å². The highest BCUT2D eigenvalue weighted by molar-refractivity contribution is 6.35. The number of hydrogen-bond donors (Lipinski definition) is 1. The highest BCUT2D eigenvalue weighted by Gasteiger charge is 2.04. The summed E-state index contributed by atoms with van der Waals surface area (Å²) < 4.78 is 5.20. The molecule has 92 valence electrons. The van der Waals surface area contributed by atoms with Crippen LogP contribution in [0.25, 0.3) is 0 Å². The first-order valence-corrected chi connectivity index (χ1v) is 5.69. The molecule has 1 heterocycles. The van der Waals surface area contributed by atoms with Crippen molar-refractivity contribution in [2.45, 2.75) is 13.1 Å². The van der Waals surface area contributed by atoms with E-state index in [1.165, 1.54) is 0 Å². The Labute approximate surface area is 116 Å². The Morgan fingerprint density at radius 3 is 2.29 bits per heavy atom. The molecule has 2 rings (SSSR count). The van der Waals surface area contributed by atoms with E-state index in [0.717, 1.165) is 11.3 Å². The van der Waals surface area contributed by atoms with Gasteiger partial charge in [-0.05, 0) is 24.3 Å². The van der Waals surface area contributed by atoms with Crippen molar-refractivity contribution in [3.63, 3.8) is 0 Å². The Morgan fingerprint density at radius 2 is 1.71 bits per heavy atom. The first-order valence-electron chi connectivity index (χ1n) is 4.93. The lowest BCUT2D eigenvalue weighted by Gasteiger charge is -2.07. The molecule has 5 heteroatoms. The summed E-state index contributed by atoms with van der Waals surface area (Å²) in [5.41, 5.74) is 0.914. The maximum absolute atomic E-state index is 6.04. The topological polar surface area (TPSA) is 25.2 Å². The standard InChI is InChI=1S/C12H11Cl2NO.ClH/c13-11-4-1-5-12(14)10(11)8-15-7-9-3-2-6-16-9;/h1-6,15H,7-8H2;1H/p-1. The number of rotatable bonds is 4. The highest BCUT2D eigenvalue weighted by Crippen LogP contribution is 2.23. The van der Waals surface area contributed by atoms with Crippen LogP contribution in [0, 0.1) is 0 Å². The lowest BCUT2D eigenvalue weighted by molar-refractivity contribution is -0.00000358. The van der Waals surface area contributed by atoms with E-state index in [0.29, 0.717) is 23.1 Å². The zero-order valence-corrected chi connectivity index (χ0v) is 11.2. The Hall–Kier alpha value is -0.670. The quantitative estimate of drug-likeness (QED) is 0.905. The molecule has 0 atom stereocenters. The molecule has 0 bridgehead atoms. The van der Waals surface area contributed by atoms with Crippen molar-refractivity contribution in [1.82, 2.24) is 5.32 Å². The SMILES string of the molecule is Clc1cccc(Cl)c1CNCc1ccco1.[Cl-]. The van der Waals surface area contributed by atoms with Crippen molar-refractivity contribution in [3.8, 4) is 0 Å². The van der Waals surface area contributed by atoms with Crippen molar-refractivity contribution < 1.29 is 16.8 Å². The van der Waals surface area contributed by atoms with E-state index in [2.05, 4.69) is 5.32 Å². The zero-order chi connectivity index (χ0) is 11.4. The van der Waals surface area contributed by atoms with Gasteiger partial charge in [0, 0.05) is 22.2 Å². The maximum Gasteiger partial charge on any atom is 0.117 e. The molecule has 0 saturated heterocycles. The van der Waals surface area contributed by atoms with E-state index in [4.69, 9.17) is 27.6 Å². The zero-order valence-electron chi connectivity index (χ0n) is 8.92. The number of benzene rings is 1. The fourth-order valence-electron chi connectivity index (χ4n) is 1.43.